The van der Waals surface area contributed by atoms with Crippen LogP contribution >= 0.6 is 0 Å². The van der Waals surface area contributed by atoms with Crippen molar-refractivity contribution in [3.05, 3.63) is 41.9 Å². The van der Waals surface area contributed by atoms with Crippen LogP contribution in [0.3, 0.4) is 0 Å². The van der Waals surface area contributed by atoms with Crippen LogP contribution in [0, 0.1) is 6.92 Å². The summed E-state index contributed by atoms with van der Waals surface area (Å²) in [5, 5.41) is 8.27. The highest BCUT2D eigenvalue weighted by atomic mass is 15.2. The van der Waals surface area contributed by atoms with Gasteiger partial charge in [0.05, 0.1) is 11.1 Å². The second-order valence-corrected chi connectivity index (χ2v) is 6.87. The number of aromatic amines is 1. The van der Waals surface area contributed by atoms with E-state index in [4.69, 9.17) is 0 Å². The van der Waals surface area contributed by atoms with Crippen LogP contribution in [0.1, 0.15) is 24.1 Å². The molecule has 0 spiro atoms. The Labute approximate surface area is 135 Å². The summed E-state index contributed by atoms with van der Waals surface area (Å²) in [5.74, 6) is 0. The van der Waals surface area contributed by atoms with Crippen LogP contribution in [-0.4, -0.2) is 45.7 Å². The van der Waals surface area contributed by atoms with Crippen molar-refractivity contribution in [1.29, 1.82) is 0 Å². The van der Waals surface area contributed by atoms with Gasteiger partial charge in [-0.1, -0.05) is 18.2 Å². The second-order valence-electron chi connectivity index (χ2n) is 6.87. The molecule has 2 heterocycles. The SMILES string of the molecule is Cc1[nH]nc2ncnc(-c3cccc(C4(CN(C)C)CC4)c3)c12. The van der Waals surface area contributed by atoms with Gasteiger partial charge >= 0.3 is 0 Å². The summed E-state index contributed by atoms with van der Waals surface area (Å²) in [4.78, 5) is 11.1. The van der Waals surface area contributed by atoms with Gasteiger partial charge in [-0.3, -0.25) is 5.10 Å². The standard InChI is InChI=1S/C18H21N5/c1-12-15-16(19-11-20-17(15)22-21-12)13-5-4-6-14(9-13)18(7-8-18)10-23(2)3/h4-6,9,11H,7-8,10H2,1-3H3,(H,19,20,21,22). The molecule has 1 saturated carbocycles. The van der Waals surface area contributed by atoms with E-state index in [2.05, 4.69) is 63.4 Å². The Morgan fingerprint density at radius 3 is 2.78 bits per heavy atom. The Balaban J connectivity index is 1.81. The molecule has 5 nitrogen and oxygen atoms in total. The van der Waals surface area contributed by atoms with Crippen LogP contribution in [0.25, 0.3) is 22.3 Å². The average molecular weight is 307 g/mol. The number of H-pyrrole nitrogens is 1. The predicted molar refractivity (Wildman–Crippen MR) is 91.3 cm³/mol. The molecule has 2 aromatic heterocycles. The molecule has 1 fully saturated rings. The molecule has 0 radical (unpaired) electrons. The third-order valence-electron chi connectivity index (χ3n) is 4.75. The molecular weight excluding hydrogens is 286 g/mol. The smallest absolute Gasteiger partial charge is 0.184 e. The lowest BCUT2D eigenvalue weighted by molar-refractivity contribution is 0.363. The van der Waals surface area contributed by atoms with Gasteiger partial charge in [0.1, 0.15) is 6.33 Å². The predicted octanol–water partition coefficient (Wildman–Crippen LogP) is 2.92. The van der Waals surface area contributed by atoms with Crippen molar-refractivity contribution in [3.8, 4) is 11.3 Å². The van der Waals surface area contributed by atoms with Crippen LogP contribution in [0.4, 0.5) is 0 Å². The number of nitrogens with one attached hydrogen (secondary N) is 1. The van der Waals surface area contributed by atoms with Crippen molar-refractivity contribution in [2.45, 2.75) is 25.2 Å². The van der Waals surface area contributed by atoms with Gasteiger partial charge in [0, 0.05) is 23.2 Å². The number of fused-ring (bicyclic) bond motifs is 1. The number of nitrogens with zero attached hydrogens (tertiary/aromatic N) is 4. The van der Waals surface area contributed by atoms with Crippen molar-refractivity contribution in [2.24, 2.45) is 0 Å². The molecular formula is C18H21N5. The van der Waals surface area contributed by atoms with E-state index < -0.39 is 0 Å². The molecule has 1 aliphatic carbocycles. The largest absolute Gasteiger partial charge is 0.309 e. The first-order valence-electron chi connectivity index (χ1n) is 8.00. The fourth-order valence-corrected chi connectivity index (χ4v) is 3.51. The first kappa shape index (κ1) is 14.3. The van der Waals surface area contributed by atoms with Gasteiger partial charge < -0.3 is 4.90 Å². The fourth-order valence-electron chi connectivity index (χ4n) is 3.51. The van der Waals surface area contributed by atoms with E-state index in [0.29, 0.717) is 5.41 Å². The number of aromatic nitrogens is 4. The summed E-state index contributed by atoms with van der Waals surface area (Å²) in [6.07, 6.45) is 4.12. The number of hydrogen-bond acceptors (Lipinski definition) is 4. The summed E-state index contributed by atoms with van der Waals surface area (Å²) in [5.41, 5.74) is 5.57. The highest BCUT2D eigenvalue weighted by Gasteiger charge is 2.44. The highest BCUT2D eigenvalue weighted by molar-refractivity contribution is 5.92. The number of benzene rings is 1. The Hall–Kier alpha value is -2.27. The quantitative estimate of drug-likeness (QED) is 0.805. The maximum Gasteiger partial charge on any atom is 0.184 e. The fraction of sp³-hybridized carbons (Fsp3) is 0.389. The van der Waals surface area contributed by atoms with Crippen LogP contribution in [0.2, 0.25) is 0 Å². The van der Waals surface area contributed by atoms with Crippen LogP contribution in [0.15, 0.2) is 30.6 Å². The summed E-state index contributed by atoms with van der Waals surface area (Å²) in [6.45, 7) is 3.11. The highest BCUT2D eigenvalue weighted by Crippen LogP contribution is 2.49. The molecule has 0 aliphatic heterocycles. The summed E-state index contributed by atoms with van der Waals surface area (Å²) in [6, 6.07) is 8.82. The minimum Gasteiger partial charge on any atom is -0.309 e. The lowest BCUT2D eigenvalue weighted by atomic mass is 9.92. The van der Waals surface area contributed by atoms with E-state index in [1.807, 2.05) is 6.92 Å². The first-order chi connectivity index (χ1) is 11.1. The lowest BCUT2D eigenvalue weighted by Gasteiger charge is -2.21. The van der Waals surface area contributed by atoms with Crippen LogP contribution < -0.4 is 0 Å². The van der Waals surface area contributed by atoms with Gasteiger partial charge in [-0.15, -0.1) is 0 Å². The average Bonchev–Trinajstić information content (AvgIpc) is 3.22. The zero-order valence-corrected chi connectivity index (χ0v) is 13.8. The third-order valence-corrected chi connectivity index (χ3v) is 4.75. The van der Waals surface area contributed by atoms with Gasteiger partial charge in [0.15, 0.2) is 5.65 Å². The normalized spacial score (nSPS) is 16.2. The van der Waals surface area contributed by atoms with Crippen LogP contribution in [0.5, 0.6) is 0 Å². The maximum atomic E-state index is 4.53. The van der Waals surface area contributed by atoms with E-state index in [9.17, 15) is 0 Å². The Morgan fingerprint density at radius 1 is 1.22 bits per heavy atom. The van der Waals surface area contributed by atoms with E-state index in [1.54, 1.807) is 6.33 Å². The van der Waals surface area contributed by atoms with E-state index in [-0.39, 0.29) is 0 Å². The molecule has 118 valence electrons. The molecule has 0 unspecified atom stereocenters. The molecule has 1 N–H and O–H groups in total. The monoisotopic (exact) mass is 307 g/mol. The lowest BCUT2D eigenvalue weighted by Crippen LogP contribution is -2.25. The maximum absolute atomic E-state index is 4.53. The number of hydrogen-bond donors (Lipinski definition) is 1. The van der Waals surface area contributed by atoms with Crippen LogP contribution in [-0.2, 0) is 5.41 Å². The molecule has 5 heteroatoms. The number of aryl methyl sites for hydroxylation is 1. The molecule has 0 atom stereocenters. The van der Waals surface area contributed by atoms with Gasteiger partial charge in [0.2, 0.25) is 0 Å². The Bertz CT molecular complexity index is 861. The number of likely N-dealkylation sites (N-methyl/N-ethyl adjacent to an activating group) is 1. The van der Waals surface area contributed by atoms with Gasteiger partial charge in [-0.2, -0.15) is 5.10 Å². The molecule has 1 aliphatic rings. The summed E-state index contributed by atoms with van der Waals surface area (Å²) in [7, 11) is 4.29. The Morgan fingerprint density at radius 2 is 2.04 bits per heavy atom. The van der Waals surface area contributed by atoms with Gasteiger partial charge in [-0.05, 0) is 45.5 Å². The van der Waals surface area contributed by atoms with E-state index in [1.165, 1.54) is 18.4 Å². The first-order valence-corrected chi connectivity index (χ1v) is 8.00. The molecule has 0 amide bonds. The van der Waals surface area contributed by atoms with Gasteiger partial charge in [0.25, 0.3) is 0 Å². The molecule has 0 saturated heterocycles. The summed E-state index contributed by atoms with van der Waals surface area (Å²) >= 11 is 0. The second kappa shape index (κ2) is 5.13. The summed E-state index contributed by atoms with van der Waals surface area (Å²) < 4.78 is 0. The van der Waals surface area contributed by atoms with Crippen molar-refractivity contribution >= 4 is 11.0 Å². The van der Waals surface area contributed by atoms with Crippen molar-refractivity contribution in [2.75, 3.05) is 20.6 Å². The molecule has 0 bridgehead atoms. The minimum atomic E-state index is 0.317. The van der Waals surface area contributed by atoms with Crippen molar-refractivity contribution in [3.63, 3.8) is 0 Å². The third kappa shape index (κ3) is 2.41. The van der Waals surface area contributed by atoms with E-state index >= 15 is 0 Å². The number of rotatable bonds is 4. The molecule has 1 aromatic carbocycles. The Kier molecular flexibility index (Phi) is 3.20. The van der Waals surface area contributed by atoms with Crippen molar-refractivity contribution in [1.82, 2.24) is 25.1 Å². The molecule has 3 aromatic rings. The topological polar surface area (TPSA) is 57.7 Å². The minimum absolute atomic E-state index is 0.317. The molecule has 23 heavy (non-hydrogen) atoms. The van der Waals surface area contributed by atoms with E-state index in [0.717, 1.165) is 34.5 Å². The zero-order valence-electron chi connectivity index (χ0n) is 13.8. The zero-order chi connectivity index (χ0) is 16.0. The van der Waals surface area contributed by atoms with Gasteiger partial charge in [-0.25, -0.2) is 9.97 Å². The van der Waals surface area contributed by atoms with Crippen molar-refractivity contribution < 1.29 is 0 Å². The molecule has 4 rings (SSSR count).